The molecule has 0 spiro atoms. The van der Waals surface area contributed by atoms with Crippen LogP contribution in [-0.4, -0.2) is 65.6 Å². The third-order valence-electron chi connectivity index (χ3n) is 8.10. The summed E-state index contributed by atoms with van der Waals surface area (Å²) in [5.74, 6) is 0.176. The van der Waals surface area contributed by atoms with Gasteiger partial charge >= 0.3 is 12.4 Å². The van der Waals surface area contributed by atoms with Gasteiger partial charge in [0.15, 0.2) is 0 Å². The summed E-state index contributed by atoms with van der Waals surface area (Å²) in [6, 6.07) is 5.86. The minimum atomic E-state index is -4.86. The van der Waals surface area contributed by atoms with E-state index in [2.05, 4.69) is 5.32 Å². The Bertz CT molecular complexity index is 1550. The van der Waals surface area contributed by atoms with Gasteiger partial charge in [0.05, 0.1) is 28.2 Å². The van der Waals surface area contributed by atoms with Crippen molar-refractivity contribution in [1.82, 2.24) is 9.80 Å². The SMILES string of the molecule is O=C(CO[C@H]1CC[C@H](Nc2ccc([N+](=O)[O-])c(C(F)(F)F)c2)CC1)N1CCN(Cc2oc3ccc(C(F)(F)F)cc3c2Cl)CC1. The molecule has 0 unspecified atom stereocenters. The Morgan fingerprint density at radius 3 is 2.31 bits per heavy atom. The van der Waals surface area contributed by atoms with Gasteiger partial charge in [0.25, 0.3) is 5.69 Å². The number of ether oxygens (including phenoxy) is 1. The van der Waals surface area contributed by atoms with E-state index in [-0.39, 0.29) is 52.9 Å². The van der Waals surface area contributed by atoms with Crippen LogP contribution < -0.4 is 5.32 Å². The van der Waals surface area contributed by atoms with Crippen molar-refractivity contribution in [3.63, 3.8) is 0 Å². The number of hydrogen-bond acceptors (Lipinski definition) is 7. The zero-order valence-corrected chi connectivity index (χ0v) is 24.5. The van der Waals surface area contributed by atoms with Crippen LogP contribution in [0.25, 0.3) is 11.0 Å². The molecule has 9 nitrogen and oxygen atoms in total. The number of nitro benzene ring substituents is 1. The Kier molecular flexibility index (Phi) is 9.52. The van der Waals surface area contributed by atoms with E-state index in [1.54, 1.807) is 4.90 Å². The maximum absolute atomic E-state index is 13.3. The van der Waals surface area contributed by atoms with Gasteiger partial charge in [0.2, 0.25) is 5.91 Å². The van der Waals surface area contributed by atoms with Gasteiger partial charge in [0.1, 0.15) is 23.5 Å². The molecular weight excluding hydrogens is 634 g/mol. The number of benzene rings is 2. The largest absolute Gasteiger partial charge is 0.458 e. The first-order valence-corrected chi connectivity index (χ1v) is 14.6. The number of rotatable bonds is 8. The summed E-state index contributed by atoms with van der Waals surface area (Å²) >= 11 is 6.34. The number of carbonyl (C=O) groups is 1. The zero-order valence-electron chi connectivity index (χ0n) is 23.7. The van der Waals surface area contributed by atoms with E-state index in [1.165, 1.54) is 12.1 Å². The Balaban J connectivity index is 1.05. The van der Waals surface area contributed by atoms with Crippen LogP contribution in [-0.2, 0) is 28.4 Å². The minimum absolute atomic E-state index is 0.114. The second kappa shape index (κ2) is 13.0. The smallest absolute Gasteiger partial charge is 0.423 e. The summed E-state index contributed by atoms with van der Waals surface area (Å²) in [7, 11) is 0. The third-order valence-corrected chi connectivity index (χ3v) is 8.51. The molecule has 0 radical (unpaired) electrons. The van der Waals surface area contributed by atoms with Crippen molar-refractivity contribution >= 4 is 39.9 Å². The highest BCUT2D eigenvalue weighted by atomic mass is 35.5. The quantitative estimate of drug-likeness (QED) is 0.156. The van der Waals surface area contributed by atoms with E-state index in [4.69, 9.17) is 20.8 Å². The highest BCUT2D eigenvalue weighted by molar-refractivity contribution is 6.36. The molecule has 1 aliphatic heterocycles. The average Bonchev–Trinajstić information content (AvgIpc) is 3.30. The lowest BCUT2D eigenvalue weighted by molar-refractivity contribution is -0.388. The second-order valence-electron chi connectivity index (χ2n) is 11.1. The van der Waals surface area contributed by atoms with Crippen LogP contribution in [0.15, 0.2) is 40.8 Å². The molecule has 0 bridgehead atoms. The number of fused-ring (bicyclic) bond motifs is 1. The Labute approximate surface area is 258 Å². The van der Waals surface area contributed by atoms with Crippen LogP contribution in [0.3, 0.4) is 0 Å². The molecule has 2 aliphatic rings. The fourth-order valence-electron chi connectivity index (χ4n) is 5.66. The lowest BCUT2D eigenvalue weighted by atomic mass is 9.92. The number of furan rings is 1. The van der Waals surface area contributed by atoms with Crippen molar-refractivity contribution in [3.8, 4) is 0 Å². The van der Waals surface area contributed by atoms with E-state index in [0.717, 1.165) is 24.3 Å². The normalized spacial score (nSPS) is 20.0. The Hall–Kier alpha value is -3.56. The van der Waals surface area contributed by atoms with Crippen LogP contribution in [0.5, 0.6) is 0 Å². The zero-order chi connectivity index (χ0) is 32.5. The van der Waals surface area contributed by atoms with Crippen molar-refractivity contribution in [2.24, 2.45) is 0 Å². The lowest BCUT2D eigenvalue weighted by Gasteiger charge is -2.35. The predicted molar refractivity (Wildman–Crippen MR) is 152 cm³/mol. The summed E-state index contributed by atoms with van der Waals surface area (Å²) in [5.41, 5.74) is -2.72. The van der Waals surface area contributed by atoms with Gasteiger partial charge in [-0.2, -0.15) is 26.3 Å². The van der Waals surface area contributed by atoms with Gasteiger partial charge in [-0.15, -0.1) is 0 Å². The maximum Gasteiger partial charge on any atom is 0.423 e. The van der Waals surface area contributed by atoms with Crippen LogP contribution in [0, 0.1) is 10.1 Å². The highest BCUT2D eigenvalue weighted by Gasteiger charge is 2.39. The topological polar surface area (TPSA) is 101 Å². The standard InChI is InChI=1S/C29H29ClF6N4O5/c30-27-21-13-17(28(31,32)33)1-8-24(21)45-25(27)15-38-9-11-39(12-10-38)26(41)16-44-20-5-2-18(3-6-20)37-19-4-7-23(40(42)43)22(14-19)29(34,35)36/h1,4,7-8,13-14,18,20,37H,2-3,5-6,9-12,15-16H2/t18-,20-. The molecule has 45 heavy (non-hydrogen) atoms. The highest BCUT2D eigenvalue weighted by Crippen LogP contribution is 2.39. The number of halogens is 7. The molecule has 244 valence electrons. The molecule has 1 aromatic heterocycles. The third kappa shape index (κ3) is 7.82. The van der Waals surface area contributed by atoms with E-state index >= 15 is 0 Å². The summed E-state index contributed by atoms with van der Waals surface area (Å²) in [5, 5.41) is 14.3. The number of nitrogens with zero attached hydrogens (tertiary/aromatic N) is 3. The Morgan fingerprint density at radius 2 is 1.69 bits per heavy atom. The number of piperazine rings is 1. The van der Waals surface area contributed by atoms with E-state index in [1.807, 2.05) is 4.90 Å². The molecule has 1 saturated heterocycles. The summed E-state index contributed by atoms with van der Waals surface area (Å²) in [6.07, 6.45) is -7.22. The fourth-order valence-corrected chi connectivity index (χ4v) is 5.90. The molecule has 2 fully saturated rings. The molecule has 0 atom stereocenters. The molecule has 2 aromatic carbocycles. The van der Waals surface area contributed by atoms with Crippen molar-refractivity contribution in [1.29, 1.82) is 0 Å². The van der Waals surface area contributed by atoms with Gasteiger partial charge in [-0.1, -0.05) is 11.6 Å². The maximum atomic E-state index is 13.3. The summed E-state index contributed by atoms with van der Waals surface area (Å²) < 4.78 is 90.6. The first-order chi connectivity index (χ1) is 21.2. The average molecular weight is 663 g/mol. The summed E-state index contributed by atoms with van der Waals surface area (Å²) in [6.45, 7) is 2.01. The molecule has 5 rings (SSSR count). The molecule has 16 heteroatoms. The molecular formula is C29H29ClF6N4O5. The number of nitro groups is 1. The van der Waals surface area contributed by atoms with E-state index in [9.17, 15) is 41.3 Å². The Morgan fingerprint density at radius 1 is 1.00 bits per heavy atom. The minimum Gasteiger partial charge on any atom is -0.458 e. The summed E-state index contributed by atoms with van der Waals surface area (Å²) in [4.78, 5) is 26.4. The number of anilines is 1. The predicted octanol–water partition coefficient (Wildman–Crippen LogP) is 7.12. The van der Waals surface area contributed by atoms with Crippen LogP contribution >= 0.6 is 11.6 Å². The van der Waals surface area contributed by atoms with Gasteiger partial charge in [0, 0.05) is 49.4 Å². The number of carbonyl (C=O) groups excluding carboxylic acids is 1. The van der Waals surface area contributed by atoms with Crippen molar-refractivity contribution in [3.05, 3.63) is 68.4 Å². The van der Waals surface area contributed by atoms with Crippen molar-refractivity contribution < 1.29 is 45.2 Å². The number of alkyl halides is 6. The second-order valence-corrected chi connectivity index (χ2v) is 11.5. The van der Waals surface area contributed by atoms with Gasteiger partial charge in [-0.25, -0.2) is 0 Å². The van der Waals surface area contributed by atoms with E-state index < -0.39 is 34.1 Å². The number of hydrogen-bond donors (Lipinski definition) is 1. The molecule has 1 saturated carbocycles. The molecule has 1 amide bonds. The molecule has 1 N–H and O–H groups in total. The van der Waals surface area contributed by atoms with Gasteiger partial charge < -0.3 is 19.4 Å². The van der Waals surface area contributed by atoms with Crippen LogP contribution in [0.1, 0.15) is 42.6 Å². The van der Waals surface area contributed by atoms with Gasteiger partial charge in [-0.3, -0.25) is 19.8 Å². The molecule has 3 aromatic rings. The van der Waals surface area contributed by atoms with Gasteiger partial charge in [-0.05, 0) is 56.0 Å². The van der Waals surface area contributed by atoms with Crippen LogP contribution in [0.4, 0.5) is 37.7 Å². The number of nitrogens with one attached hydrogen (secondary N) is 1. The molecule has 2 heterocycles. The first-order valence-electron chi connectivity index (χ1n) is 14.2. The van der Waals surface area contributed by atoms with Crippen molar-refractivity contribution in [2.75, 3.05) is 38.1 Å². The van der Waals surface area contributed by atoms with Crippen molar-refractivity contribution in [2.45, 2.75) is 56.7 Å². The first kappa shape index (κ1) is 32.8. The monoisotopic (exact) mass is 662 g/mol. The number of amides is 1. The van der Waals surface area contributed by atoms with Crippen LogP contribution in [0.2, 0.25) is 5.02 Å². The fraction of sp³-hybridized carbons (Fsp3) is 0.483. The molecule has 1 aliphatic carbocycles. The lowest BCUT2D eigenvalue weighted by Crippen LogP contribution is -2.49. The van der Waals surface area contributed by atoms with E-state index in [0.29, 0.717) is 57.6 Å².